The van der Waals surface area contributed by atoms with Crippen molar-refractivity contribution in [3.63, 3.8) is 0 Å². The molecule has 0 spiro atoms. The number of fused-ring (bicyclic) bond motifs is 1. The molecule has 3 rings (SSSR count). The number of rotatable bonds is 2. The van der Waals surface area contributed by atoms with Crippen molar-refractivity contribution in [1.82, 2.24) is 0 Å². The van der Waals surface area contributed by atoms with Gasteiger partial charge in [0.05, 0.1) is 12.7 Å². The maximum Gasteiger partial charge on any atom is 0.0818 e. The Hall–Kier alpha value is -1.08. The summed E-state index contributed by atoms with van der Waals surface area (Å²) in [5.41, 5.74) is 2.85. The molecule has 2 atom stereocenters. The Balaban J connectivity index is 1.88. The lowest BCUT2D eigenvalue weighted by atomic mass is 9.96. The fourth-order valence-corrected chi connectivity index (χ4v) is 2.02. The van der Waals surface area contributed by atoms with Crippen LogP contribution in [0.15, 0.2) is 30.3 Å². The first-order chi connectivity index (χ1) is 6.43. The van der Waals surface area contributed by atoms with E-state index in [9.17, 15) is 0 Å². The lowest BCUT2D eigenvalue weighted by molar-refractivity contribution is 0.390. The molecule has 1 aromatic carbocycles. The van der Waals surface area contributed by atoms with E-state index in [1.807, 2.05) is 0 Å². The summed E-state index contributed by atoms with van der Waals surface area (Å²) in [7, 11) is 0. The third-order valence-electron chi connectivity index (χ3n) is 2.82. The van der Waals surface area contributed by atoms with Crippen LogP contribution >= 0.6 is 0 Å². The summed E-state index contributed by atoms with van der Waals surface area (Å²) < 4.78 is 5.25. The van der Waals surface area contributed by atoms with Crippen molar-refractivity contribution in [3.05, 3.63) is 41.5 Å². The van der Waals surface area contributed by atoms with Gasteiger partial charge in [0.2, 0.25) is 0 Å². The molecule has 0 radical (unpaired) electrons. The van der Waals surface area contributed by atoms with E-state index in [1.54, 1.807) is 0 Å². The molecule has 0 aromatic heterocycles. The van der Waals surface area contributed by atoms with Crippen LogP contribution in [0.5, 0.6) is 0 Å². The number of benzene rings is 1. The Morgan fingerprint density at radius 3 is 3.00 bits per heavy atom. The predicted octanol–water partition coefficient (Wildman–Crippen LogP) is 2.59. The summed E-state index contributed by atoms with van der Waals surface area (Å²) >= 11 is 0. The number of epoxide rings is 1. The van der Waals surface area contributed by atoms with E-state index in [4.69, 9.17) is 4.74 Å². The van der Waals surface area contributed by atoms with E-state index >= 15 is 0 Å². The standard InChI is InChI=1S/C12H12O/c1-2-4-12-9(3-1)5-6-10(12)7-11-8-13-11/h1-6,10-11H,7-8H2. The topological polar surface area (TPSA) is 12.5 Å². The van der Waals surface area contributed by atoms with Gasteiger partial charge < -0.3 is 4.74 Å². The summed E-state index contributed by atoms with van der Waals surface area (Å²) in [4.78, 5) is 0. The van der Waals surface area contributed by atoms with Crippen LogP contribution in [0, 0.1) is 0 Å². The Morgan fingerprint density at radius 2 is 2.15 bits per heavy atom. The summed E-state index contributed by atoms with van der Waals surface area (Å²) in [6.45, 7) is 0.965. The largest absolute Gasteiger partial charge is 0.373 e. The minimum absolute atomic E-state index is 0.529. The van der Waals surface area contributed by atoms with E-state index in [1.165, 1.54) is 11.1 Å². The molecular formula is C12H12O. The zero-order valence-electron chi connectivity index (χ0n) is 7.44. The molecule has 0 N–H and O–H groups in total. The zero-order valence-corrected chi connectivity index (χ0v) is 7.44. The van der Waals surface area contributed by atoms with E-state index in [2.05, 4.69) is 36.4 Å². The molecule has 13 heavy (non-hydrogen) atoms. The zero-order chi connectivity index (χ0) is 8.67. The van der Waals surface area contributed by atoms with Crippen LogP contribution < -0.4 is 0 Å². The van der Waals surface area contributed by atoms with Gasteiger partial charge >= 0.3 is 0 Å². The lowest BCUT2D eigenvalue weighted by Gasteiger charge is -2.08. The molecule has 2 aliphatic rings. The van der Waals surface area contributed by atoms with Crippen molar-refractivity contribution in [1.29, 1.82) is 0 Å². The third-order valence-corrected chi connectivity index (χ3v) is 2.82. The molecule has 1 aromatic rings. The van der Waals surface area contributed by atoms with Gasteiger partial charge in [-0.15, -0.1) is 0 Å². The maximum atomic E-state index is 5.25. The molecular weight excluding hydrogens is 160 g/mol. The first kappa shape index (κ1) is 7.34. The number of hydrogen-bond donors (Lipinski definition) is 0. The minimum Gasteiger partial charge on any atom is -0.373 e. The van der Waals surface area contributed by atoms with Gasteiger partial charge in [-0.2, -0.15) is 0 Å². The fourth-order valence-electron chi connectivity index (χ4n) is 2.02. The van der Waals surface area contributed by atoms with E-state index in [0.717, 1.165) is 13.0 Å². The van der Waals surface area contributed by atoms with Crippen molar-refractivity contribution in [3.8, 4) is 0 Å². The SMILES string of the molecule is C1=CC(CC2CO2)c2ccccc21. The van der Waals surface area contributed by atoms with Crippen molar-refractivity contribution >= 4 is 6.08 Å². The molecule has 1 aliphatic carbocycles. The Labute approximate surface area is 78.0 Å². The van der Waals surface area contributed by atoms with E-state index < -0.39 is 0 Å². The monoisotopic (exact) mass is 172 g/mol. The highest BCUT2D eigenvalue weighted by Gasteiger charge is 2.28. The van der Waals surface area contributed by atoms with Crippen LogP contribution in [-0.4, -0.2) is 12.7 Å². The average molecular weight is 172 g/mol. The van der Waals surface area contributed by atoms with Gasteiger partial charge in [0.1, 0.15) is 0 Å². The molecule has 66 valence electrons. The van der Waals surface area contributed by atoms with Crippen LogP contribution in [0.2, 0.25) is 0 Å². The van der Waals surface area contributed by atoms with Gasteiger partial charge in [0.15, 0.2) is 0 Å². The summed E-state index contributed by atoms with van der Waals surface area (Å²) in [5, 5.41) is 0. The van der Waals surface area contributed by atoms with Gasteiger partial charge in [0.25, 0.3) is 0 Å². The molecule has 1 aliphatic heterocycles. The van der Waals surface area contributed by atoms with Crippen molar-refractivity contribution in [2.45, 2.75) is 18.4 Å². The second-order valence-electron chi connectivity index (χ2n) is 3.79. The Kier molecular flexibility index (Phi) is 1.53. The van der Waals surface area contributed by atoms with Gasteiger partial charge in [-0.05, 0) is 17.5 Å². The van der Waals surface area contributed by atoms with Crippen molar-refractivity contribution in [2.24, 2.45) is 0 Å². The van der Waals surface area contributed by atoms with Gasteiger partial charge in [0, 0.05) is 5.92 Å². The van der Waals surface area contributed by atoms with Crippen LogP contribution in [-0.2, 0) is 4.74 Å². The number of ether oxygens (including phenoxy) is 1. The highest BCUT2D eigenvalue weighted by Crippen LogP contribution is 2.35. The van der Waals surface area contributed by atoms with Gasteiger partial charge in [-0.3, -0.25) is 0 Å². The molecule has 1 heteroatoms. The quantitative estimate of drug-likeness (QED) is 0.625. The average Bonchev–Trinajstić information content (AvgIpc) is 2.88. The molecule has 0 bridgehead atoms. The summed E-state index contributed by atoms with van der Waals surface area (Å²) in [6, 6.07) is 8.62. The highest BCUT2D eigenvalue weighted by atomic mass is 16.6. The second-order valence-corrected chi connectivity index (χ2v) is 3.79. The molecule has 1 nitrogen and oxygen atoms in total. The van der Waals surface area contributed by atoms with Crippen LogP contribution in [0.1, 0.15) is 23.5 Å². The summed E-state index contributed by atoms with van der Waals surface area (Å²) in [6.07, 6.45) is 6.21. The van der Waals surface area contributed by atoms with Crippen molar-refractivity contribution in [2.75, 3.05) is 6.61 Å². The molecule has 2 unspecified atom stereocenters. The van der Waals surface area contributed by atoms with Crippen LogP contribution in [0.3, 0.4) is 0 Å². The van der Waals surface area contributed by atoms with E-state index in [0.29, 0.717) is 12.0 Å². The molecule has 0 saturated carbocycles. The molecule has 1 heterocycles. The molecule has 0 amide bonds. The van der Waals surface area contributed by atoms with Gasteiger partial charge in [-0.25, -0.2) is 0 Å². The number of allylic oxidation sites excluding steroid dienone is 1. The third kappa shape index (κ3) is 1.29. The maximum absolute atomic E-state index is 5.25. The van der Waals surface area contributed by atoms with E-state index in [-0.39, 0.29) is 0 Å². The van der Waals surface area contributed by atoms with Crippen molar-refractivity contribution < 1.29 is 4.74 Å². The number of hydrogen-bond acceptors (Lipinski definition) is 1. The molecule has 1 fully saturated rings. The Morgan fingerprint density at radius 1 is 1.31 bits per heavy atom. The smallest absolute Gasteiger partial charge is 0.0818 e. The van der Waals surface area contributed by atoms with Gasteiger partial charge in [-0.1, -0.05) is 36.4 Å². The second kappa shape index (κ2) is 2.71. The first-order valence-corrected chi connectivity index (χ1v) is 4.82. The van der Waals surface area contributed by atoms with Crippen LogP contribution in [0.4, 0.5) is 0 Å². The first-order valence-electron chi connectivity index (χ1n) is 4.82. The minimum atomic E-state index is 0.529. The fraction of sp³-hybridized carbons (Fsp3) is 0.333. The highest BCUT2D eigenvalue weighted by molar-refractivity contribution is 5.62. The normalized spacial score (nSPS) is 28.9. The summed E-state index contributed by atoms with van der Waals surface area (Å²) in [5.74, 6) is 0.601. The predicted molar refractivity (Wildman–Crippen MR) is 52.6 cm³/mol. The lowest BCUT2D eigenvalue weighted by Crippen LogP contribution is -1.97. The molecule has 1 saturated heterocycles. The van der Waals surface area contributed by atoms with Crippen LogP contribution in [0.25, 0.3) is 6.08 Å². The Bertz CT molecular complexity index is 350.